The number of halogens is 1. The Hall–Kier alpha value is -3.16. The third-order valence-corrected chi connectivity index (χ3v) is 4.62. The highest BCUT2D eigenvalue weighted by atomic mass is 19.1. The fraction of sp³-hybridized carbons (Fsp3) is 0.316. The number of likely N-dealkylation sites (tertiary alicyclic amines) is 1. The minimum absolute atomic E-state index is 0.0317. The Morgan fingerprint density at radius 2 is 1.93 bits per heavy atom. The minimum Gasteiger partial charge on any atom is -0.420 e. The Kier molecular flexibility index (Phi) is 4.62. The van der Waals surface area contributed by atoms with Crippen LogP contribution in [0, 0.1) is 12.7 Å². The second-order valence-corrected chi connectivity index (χ2v) is 6.56. The van der Waals surface area contributed by atoms with Gasteiger partial charge in [0, 0.05) is 31.0 Å². The van der Waals surface area contributed by atoms with Crippen molar-refractivity contribution in [1.82, 2.24) is 25.1 Å². The lowest BCUT2D eigenvalue weighted by Crippen LogP contribution is -2.39. The Morgan fingerprint density at radius 3 is 2.67 bits per heavy atom. The maximum Gasteiger partial charge on any atom is 0.253 e. The van der Waals surface area contributed by atoms with E-state index in [1.54, 1.807) is 24.2 Å². The van der Waals surface area contributed by atoms with Crippen LogP contribution in [0.15, 0.2) is 41.1 Å². The summed E-state index contributed by atoms with van der Waals surface area (Å²) in [5.41, 5.74) is 1.13. The first kappa shape index (κ1) is 17.3. The molecule has 2 aromatic heterocycles. The Bertz CT molecular complexity index is 939. The van der Waals surface area contributed by atoms with E-state index in [-0.39, 0.29) is 17.6 Å². The van der Waals surface area contributed by atoms with Gasteiger partial charge < -0.3 is 9.32 Å². The van der Waals surface area contributed by atoms with Crippen LogP contribution in [0.1, 0.15) is 40.8 Å². The third-order valence-electron chi connectivity index (χ3n) is 4.62. The standard InChI is InChI=1S/C19H18FN5O2/c1-12-21-9-15(10-22-12)18-24-23-17(27-18)14-3-2-8-25(11-14)19(26)13-4-6-16(20)7-5-13/h4-7,9-10,14H,2-3,8,11H2,1H3/t14-/m0/s1. The van der Waals surface area contributed by atoms with E-state index >= 15 is 0 Å². The molecule has 1 aromatic carbocycles. The molecule has 0 aliphatic carbocycles. The van der Waals surface area contributed by atoms with Crippen molar-refractivity contribution in [2.45, 2.75) is 25.7 Å². The van der Waals surface area contributed by atoms with Crippen molar-refractivity contribution in [3.63, 3.8) is 0 Å². The predicted molar refractivity (Wildman–Crippen MR) is 94.3 cm³/mol. The molecular weight excluding hydrogens is 349 g/mol. The van der Waals surface area contributed by atoms with Crippen molar-refractivity contribution >= 4 is 5.91 Å². The normalized spacial score (nSPS) is 17.1. The molecule has 3 heterocycles. The number of amides is 1. The number of aryl methyl sites for hydroxylation is 1. The van der Waals surface area contributed by atoms with Crippen molar-refractivity contribution < 1.29 is 13.6 Å². The number of hydrogen-bond acceptors (Lipinski definition) is 6. The second-order valence-electron chi connectivity index (χ2n) is 6.56. The molecule has 27 heavy (non-hydrogen) atoms. The molecule has 0 spiro atoms. The molecule has 0 unspecified atom stereocenters. The zero-order chi connectivity index (χ0) is 18.8. The zero-order valence-electron chi connectivity index (χ0n) is 14.8. The molecule has 138 valence electrons. The number of benzene rings is 1. The topological polar surface area (TPSA) is 85.0 Å². The van der Waals surface area contributed by atoms with Crippen LogP contribution >= 0.6 is 0 Å². The summed E-state index contributed by atoms with van der Waals surface area (Å²) in [6, 6.07) is 5.60. The number of hydrogen-bond donors (Lipinski definition) is 0. The van der Waals surface area contributed by atoms with Gasteiger partial charge in [-0.15, -0.1) is 10.2 Å². The van der Waals surface area contributed by atoms with Crippen molar-refractivity contribution in [1.29, 1.82) is 0 Å². The van der Waals surface area contributed by atoms with Crippen LogP contribution in [-0.4, -0.2) is 44.1 Å². The zero-order valence-corrected chi connectivity index (χ0v) is 14.8. The Morgan fingerprint density at radius 1 is 1.19 bits per heavy atom. The molecular formula is C19H18FN5O2. The largest absolute Gasteiger partial charge is 0.420 e. The van der Waals surface area contributed by atoms with E-state index in [2.05, 4.69) is 20.2 Å². The first-order chi connectivity index (χ1) is 13.1. The highest BCUT2D eigenvalue weighted by Crippen LogP contribution is 2.29. The van der Waals surface area contributed by atoms with Gasteiger partial charge in [0.05, 0.1) is 11.5 Å². The van der Waals surface area contributed by atoms with Gasteiger partial charge in [0.15, 0.2) is 0 Å². The molecule has 1 fully saturated rings. The fourth-order valence-corrected chi connectivity index (χ4v) is 3.16. The highest BCUT2D eigenvalue weighted by Gasteiger charge is 2.29. The van der Waals surface area contributed by atoms with Gasteiger partial charge in [-0.25, -0.2) is 14.4 Å². The molecule has 1 amide bonds. The van der Waals surface area contributed by atoms with Gasteiger partial charge >= 0.3 is 0 Å². The first-order valence-corrected chi connectivity index (χ1v) is 8.77. The van der Waals surface area contributed by atoms with Crippen molar-refractivity contribution in [3.8, 4) is 11.5 Å². The van der Waals surface area contributed by atoms with Crippen LogP contribution in [0.4, 0.5) is 4.39 Å². The van der Waals surface area contributed by atoms with Gasteiger partial charge in [-0.2, -0.15) is 0 Å². The van der Waals surface area contributed by atoms with Crippen molar-refractivity contribution in [2.75, 3.05) is 13.1 Å². The van der Waals surface area contributed by atoms with Crippen LogP contribution in [-0.2, 0) is 0 Å². The number of rotatable bonds is 3. The second kappa shape index (κ2) is 7.22. The van der Waals surface area contributed by atoms with Crippen LogP contribution < -0.4 is 0 Å². The number of aromatic nitrogens is 4. The van der Waals surface area contributed by atoms with Gasteiger partial charge in [-0.05, 0) is 44.0 Å². The maximum atomic E-state index is 13.1. The molecule has 0 N–H and O–H groups in total. The number of carbonyl (C=O) groups excluding carboxylic acids is 1. The van der Waals surface area contributed by atoms with E-state index in [4.69, 9.17) is 4.42 Å². The van der Waals surface area contributed by atoms with E-state index in [9.17, 15) is 9.18 Å². The number of carbonyl (C=O) groups is 1. The SMILES string of the molecule is Cc1ncc(-c2nnc([C@H]3CCCN(C(=O)c4ccc(F)cc4)C3)o2)cn1. The number of nitrogens with zero attached hydrogens (tertiary/aromatic N) is 5. The summed E-state index contributed by atoms with van der Waals surface area (Å²) >= 11 is 0. The summed E-state index contributed by atoms with van der Waals surface area (Å²) in [4.78, 5) is 22.7. The van der Waals surface area contributed by atoms with Crippen molar-refractivity contribution in [2.24, 2.45) is 0 Å². The fourth-order valence-electron chi connectivity index (χ4n) is 3.16. The Labute approximate surface area is 155 Å². The summed E-state index contributed by atoms with van der Waals surface area (Å²) < 4.78 is 18.9. The van der Waals surface area contributed by atoms with E-state index in [1.165, 1.54) is 24.3 Å². The Balaban J connectivity index is 1.49. The van der Waals surface area contributed by atoms with Crippen LogP contribution in [0.25, 0.3) is 11.5 Å². The summed E-state index contributed by atoms with van der Waals surface area (Å²) in [5, 5.41) is 8.24. The molecule has 1 atom stereocenters. The van der Waals surface area contributed by atoms with Crippen LogP contribution in [0.2, 0.25) is 0 Å². The third kappa shape index (κ3) is 3.69. The van der Waals surface area contributed by atoms with E-state index in [0.717, 1.165) is 12.8 Å². The molecule has 1 saturated heterocycles. The average molecular weight is 367 g/mol. The van der Waals surface area contributed by atoms with Gasteiger partial charge in [0.25, 0.3) is 11.8 Å². The van der Waals surface area contributed by atoms with Gasteiger partial charge in [0.1, 0.15) is 11.6 Å². The van der Waals surface area contributed by atoms with Gasteiger partial charge in [0.2, 0.25) is 5.89 Å². The predicted octanol–water partition coefficient (Wildman–Crippen LogP) is 2.99. The quantitative estimate of drug-likeness (QED) is 0.707. The lowest BCUT2D eigenvalue weighted by molar-refractivity contribution is 0.0698. The molecule has 0 saturated carbocycles. The molecule has 1 aliphatic heterocycles. The lowest BCUT2D eigenvalue weighted by atomic mass is 9.97. The number of piperidine rings is 1. The molecule has 1 aliphatic rings. The monoisotopic (exact) mass is 367 g/mol. The molecule has 3 aromatic rings. The summed E-state index contributed by atoms with van der Waals surface area (Å²) in [6.45, 7) is 2.94. The smallest absolute Gasteiger partial charge is 0.253 e. The average Bonchev–Trinajstić information content (AvgIpc) is 3.19. The van der Waals surface area contributed by atoms with Crippen molar-refractivity contribution in [3.05, 3.63) is 59.8 Å². The highest BCUT2D eigenvalue weighted by molar-refractivity contribution is 5.94. The molecule has 4 rings (SSSR count). The molecule has 8 heteroatoms. The minimum atomic E-state index is -0.360. The summed E-state index contributed by atoms with van der Waals surface area (Å²) in [5.74, 6) is 1.03. The van der Waals surface area contributed by atoms with Crippen LogP contribution in [0.3, 0.4) is 0 Å². The van der Waals surface area contributed by atoms with E-state index in [1.807, 2.05) is 0 Å². The molecule has 0 bridgehead atoms. The van der Waals surface area contributed by atoms with Crippen LogP contribution in [0.5, 0.6) is 0 Å². The van der Waals surface area contributed by atoms with Gasteiger partial charge in [-0.3, -0.25) is 4.79 Å². The van der Waals surface area contributed by atoms with Gasteiger partial charge in [-0.1, -0.05) is 0 Å². The maximum absolute atomic E-state index is 13.1. The molecule has 7 nitrogen and oxygen atoms in total. The van der Waals surface area contributed by atoms with E-state index in [0.29, 0.717) is 41.8 Å². The summed E-state index contributed by atoms with van der Waals surface area (Å²) in [6.07, 6.45) is 4.98. The summed E-state index contributed by atoms with van der Waals surface area (Å²) in [7, 11) is 0. The molecule has 0 radical (unpaired) electrons. The van der Waals surface area contributed by atoms with E-state index < -0.39 is 0 Å². The first-order valence-electron chi connectivity index (χ1n) is 8.77. The lowest BCUT2D eigenvalue weighted by Gasteiger charge is -2.31.